The molecule has 1 rings (SSSR count). The van der Waals surface area contributed by atoms with Crippen molar-refractivity contribution in [1.29, 1.82) is 0 Å². The van der Waals surface area contributed by atoms with Crippen LogP contribution in [0.15, 0.2) is 18.2 Å². The summed E-state index contributed by atoms with van der Waals surface area (Å²) in [7, 11) is 0. The number of benzene rings is 1. The van der Waals surface area contributed by atoms with Gasteiger partial charge < -0.3 is 5.73 Å². The zero-order chi connectivity index (χ0) is 12.8. The van der Waals surface area contributed by atoms with Crippen LogP contribution in [0.25, 0.3) is 0 Å². The molecule has 0 aliphatic rings. The SMILES string of the molecule is CCCN(Cc1ccc(CN)cc1Cl)C(C)C. The zero-order valence-corrected chi connectivity index (χ0v) is 11.8. The molecule has 0 atom stereocenters. The zero-order valence-electron chi connectivity index (χ0n) is 11.0. The van der Waals surface area contributed by atoms with Gasteiger partial charge in [-0.15, -0.1) is 0 Å². The van der Waals surface area contributed by atoms with E-state index in [0.29, 0.717) is 12.6 Å². The van der Waals surface area contributed by atoms with Gasteiger partial charge in [-0.25, -0.2) is 0 Å². The molecule has 3 heteroatoms. The monoisotopic (exact) mass is 254 g/mol. The van der Waals surface area contributed by atoms with Gasteiger partial charge in [0, 0.05) is 24.2 Å². The molecule has 0 fully saturated rings. The van der Waals surface area contributed by atoms with Gasteiger partial charge in [0.2, 0.25) is 0 Å². The predicted octanol–water partition coefficient (Wildman–Crippen LogP) is 3.42. The maximum absolute atomic E-state index is 6.27. The Morgan fingerprint density at radius 1 is 1.35 bits per heavy atom. The summed E-state index contributed by atoms with van der Waals surface area (Å²) >= 11 is 6.27. The first-order valence-corrected chi connectivity index (χ1v) is 6.67. The van der Waals surface area contributed by atoms with Crippen molar-refractivity contribution in [2.24, 2.45) is 5.73 Å². The average Bonchev–Trinajstić information content (AvgIpc) is 2.30. The third-order valence-corrected chi connectivity index (χ3v) is 3.32. The molecule has 0 aliphatic heterocycles. The van der Waals surface area contributed by atoms with E-state index in [0.717, 1.165) is 30.1 Å². The van der Waals surface area contributed by atoms with E-state index in [1.54, 1.807) is 0 Å². The van der Waals surface area contributed by atoms with Crippen LogP contribution in [0.2, 0.25) is 5.02 Å². The van der Waals surface area contributed by atoms with Crippen LogP contribution in [0.1, 0.15) is 38.3 Å². The second-order valence-electron chi connectivity index (χ2n) is 4.69. The first-order chi connectivity index (χ1) is 8.08. The summed E-state index contributed by atoms with van der Waals surface area (Å²) in [5.74, 6) is 0. The van der Waals surface area contributed by atoms with Gasteiger partial charge >= 0.3 is 0 Å². The molecule has 0 amide bonds. The topological polar surface area (TPSA) is 29.3 Å². The van der Waals surface area contributed by atoms with Crippen molar-refractivity contribution in [2.75, 3.05) is 6.54 Å². The molecule has 0 spiro atoms. The highest BCUT2D eigenvalue weighted by Gasteiger charge is 2.11. The Hall–Kier alpha value is -0.570. The molecule has 2 nitrogen and oxygen atoms in total. The van der Waals surface area contributed by atoms with Gasteiger partial charge in [0.25, 0.3) is 0 Å². The molecule has 17 heavy (non-hydrogen) atoms. The van der Waals surface area contributed by atoms with E-state index < -0.39 is 0 Å². The normalized spacial score (nSPS) is 11.5. The van der Waals surface area contributed by atoms with Crippen molar-refractivity contribution in [3.8, 4) is 0 Å². The maximum Gasteiger partial charge on any atom is 0.0454 e. The van der Waals surface area contributed by atoms with Crippen LogP contribution in [0.4, 0.5) is 0 Å². The Balaban J connectivity index is 2.78. The van der Waals surface area contributed by atoms with Crippen LogP contribution >= 0.6 is 11.6 Å². The van der Waals surface area contributed by atoms with E-state index in [4.69, 9.17) is 17.3 Å². The Morgan fingerprint density at radius 2 is 2.06 bits per heavy atom. The highest BCUT2D eigenvalue weighted by molar-refractivity contribution is 6.31. The summed E-state index contributed by atoms with van der Waals surface area (Å²) in [5.41, 5.74) is 7.87. The molecule has 0 aliphatic carbocycles. The largest absolute Gasteiger partial charge is 0.326 e. The van der Waals surface area contributed by atoms with Gasteiger partial charge in [-0.05, 0) is 44.0 Å². The van der Waals surface area contributed by atoms with Crippen LogP contribution in [-0.4, -0.2) is 17.5 Å². The van der Waals surface area contributed by atoms with Crippen molar-refractivity contribution >= 4 is 11.6 Å². The fraction of sp³-hybridized carbons (Fsp3) is 0.571. The molecule has 0 saturated heterocycles. The van der Waals surface area contributed by atoms with Crippen LogP contribution in [0.5, 0.6) is 0 Å². The summed E-state index contributed by atoms with van der Waals surface area (Å²) in [6, 6.07) is 6.67. The quantitative estimate of drug-likeness (QED) is 0.843. The van der Waals surface area contributed by atoms with Gasteiger partial charge in [-0.1, -0.05) is 30.7 Å². The molecular weight excluding hydrogens is 232 g/mol. The summed E-state index contributed by atoms with van der Waals surface area (Å²) in [6.07, 6.45) is 1.16. The number of hydrogen-bond donors (Lipinski definition) is 1. The molecule has 0 bridgehead atoms. The Labute approximate surface area is 110 Å². The smallest absolute Gasteiger partial charge is 0.0454 e. The molecule has 0 heterocycles. The highest BCUT2D eigenvalue weighted by Crippen LogP contribution is 2.20. The Kier molecular flexibility index (Phi) is 5.96. The van der Waals surface area contributed by atoms with Crippen LogP contribution < -0.4 is 5.73 Å². The van der Waals surface area contributed by atoms with Gasteiger partial charge in [0.05, 0.1) is 0 Å². The fourth-order valence-corrected chi connectivity index (χ4v) is 2.13. The number of nitrogens with two attached hydrogens (primary N) is 1. The summed E-state index contributed by atoms with van der Waals surface area (Å²) in [6.45, 7) is 9.20. The minimum absolute atomic E-state index is 0.542. The van der Waals surface area contributed by atoms with E-state index in [2.05, 4.69) is 37.8 Å². The standard InChI is InChI=1S/C14H23ClN2/c1-4-7-17(11(2)3)10-13-6-5-12(9-16)8-14(13)15/h5-6,8,11H,4,7,9-10,16H2,1-3H3. The summed E-state index contributed by atoms with van der Waals surface area (Å²) in [5, 5.41) is 0.828. The van der Waals surface area contributed by atoms with Crippen LogP contribution in [0, 0.1) is 0 Å². The lowest BCUT2D eigenvalue weighted by Crippen LogP contribution is -2.31. The van der Waals surface area contributed by atoms with Crippen LogP contribution in [0.3, 0.4) is 0 Å². The van der Waals surface area contributed by atoms with Gasteiger partial charge in [0.15, 0.2) is 0 Å². The third kappa shape index (κ3) is 4.30. The molecule has 1 aromatic rings. The second kappa shape index (κ2) is 7.00. The predicted molar refractivity (Wildman–Crippen MR) is 75.2 cm³/mol. The second-order valence-corrected chi connectivity index (χ2v) is 5.10. The van der Waals surface area contributed by atoms with E-state index in [1.165, 1.54) is 5.56 Å². The maximum atomic E-state index is 6.27. The lowest BCUT2D eigenvalue weighted by molar-refractivity contribution is 0.213. The number of hydrogen-bond acceptors (Lipinski definition) is 2. The molecule has 2 N–H and O–H groups in total. The van der Waals surface area contributed by atoms with Crippen molar-refractivity contribution in [2.45, 2.75) is 46.3 Å². The summed E-state index contributed by atoms with van der Waals surface area (Å²) < 4.78 is 0. The van der Waals surface area contributed by atoms with Gasteiger partial charge in [-0.2, -0.15) is 0 Å². The minimum Gasteiger partial charge on any atom is -0.326 e. The fourth-order valence-electron chi connectivity index (χ4n) is 1.87. The van der Waals surface area contributed by atoms with Gasteiger partial charge in [-0.3, -0.25) is 4.90 Å². The molecule has 0 aromatic heterocycles. The Morgan fingerprint density at radius 3 is 2.53 bits per heavy atom. The van der Waals surface area contributed by atoms with Crippen molar-refractivity contribution in [1.82, 2.24) is 4.90 Å². The lowest BCUT2D eigenvalue weighted by atomic mass is 10.1. The minimum atomic E-state index is 0.542. The molecular formula is C14H23ClN2. The van der Waals surface area contributed by atoms with Crippen molar-refractivity contribution in [3.63, 3.8) is 0 Å². The van der Waals surface area contributed by atoms with E-state index in [9.17, 15) is 0 Å². The third-order valence-electron chi connectivity index (χ3n) is 2.97. The van der Waals surface area contributed by atoms with Gasteiger partial charge in [0.1, 0.15) is 0 Å². The number of nitrogens with zero attached hydrogens (tertiary/aromatic N) is 1. The molecule has 96 valence electrons. The average molecular weight is 255 g/mol. The van der Waals surface area contributed by atoms with E-state index in [1.807, 2.05) is 6.07 Å². The highest BCUT2D eigenvalue weighted by atomic mass is 35.5. The van der Waals surface area contributed by atoms with E-state index in [-0.39, 0.29) is 0 Å². The molecule has 1 aromatic carbocycles. The summed E-state index contributed by atoms with van der Waals surface area (Å²) in [4.78, 5) is 2.43. The first-order valence-electron chi connectivity index (χ1n) is 6.29. The van der Waals surface area contributed by atoms with E-state index >= 15 is 0 Å². The number of halogens is 1. The van der Waals surface area contributed by atoms with Crippen molar-refractivity contribution in [3.05, 3.63) is 34.3 Å². The molecule has 0 unspecified atom stereocenters. The van der Waals surface area contributed by atoms with Crippen LogP contribution in [-0.2, 0) is 13.1 Å². The lowest BCUT2D eigenvalue weighted by Gasteiger charge is -2.26. The Bertz CT molecular complexity index is 350. The molecule has 0 radical (unpaired) electrons. The first kappa shape index (κ1) is 14.5. The van der Waals surface area contributed by atoms with Crippen molar-refractivity contribution < 1.29 is 0 Å². The molecule has 0 saturated carbocycles. The number of rotatable bonds is 6.